The zero-order valence-electron chi connectivity index (χ0n) is 14.6. The second-order valence-corrected chi connectivity index (χ2v) is 6.65. The number of aromatic nitrogens is 2. The van der Waals surface area contributed by atoms with E-state index in [1.54, 1.807) is 0 Å². The van der Waals surface area contributed by atoms with Crippen LogP contribution in [0, 0.1) is 0 Å². The normalized spacial score (nSPS) is 20.2. The molecule has 1 fully saturated rings. The average Bonchev–Trinajstić information content (AvgIpc) is 2.64. The molecule has 1 aromatic heterocycles. The molecule has 6 heteroatoms. The van der Waals surface area contributed by atoms with Gasteiger partial charge in [-0.1, -0.05) is 43.2 Å². The van der Waals surface area contributed by atoms with Gasteiger partial charge in [0.25, 0.3) is 11.5 Å². The lowest BCUT2D eigenvalue weighted by Crippen LogP contribution is -2.45. The standard InChI is InChI=1S/C19H23N3O3/c1-21-16(12-17(23)22(2)19(21)25)18(24)20-15-11-7-6-10-14(15)13-8-4-3-5-9-13/h3-5,8-9,12,14-15H,6-7,10-11H2,1-2H3,(H,20,24)/t14-,15+/m0/s1. The lowest BCUT2D eigenvalue weighted by molar-refractivity contribution is 0.0910. The Kier molecular flexibility index (Phi) is 4.88. The number of benzene rings is 1. The van der Waals surface area contributed by atoms with E-state index in [1.165, 1.54) is 30.3 Å². The fourth-order valence-electron chi connectivity index (χ4n) is 3.60. The molecule has 2 aromatic rings. The SMILES string of the molecule is Cn1c(C(=O)N[C@@H]2CCCC[C@H]2c2ccccc2)cc(=O)n(C)c1=O. The number of carbonyl (C=O) groups excluding carboxylic acids is 1. The molecule has 6 nitrogen and oxygen atoms in total. The first-order valence-corrected chi connectivity index (χ1v) is 8.62. The van der Waals surface area contributed by atoms with Crippen LogP contribution in [0.1, 0.15) is 47.7 Å². The maximum Gasteiger partial charge on any atom is 0.331 e. The van der Waals surface area contributed by atoms with Crippen LogP contribution in [0.15, 0.2) is 46.0 Å². The maximum absolute atomic E-state index is 12.7. The van der Waals surface area contributed by atoms with E-state index in [0.29, 0.717) is 0 Å². The van der Waals surface area contributed by atoms with Crippen molar-refractivity contribution in [3.8, 4) is 0 Å². The highest BCUT2D eigenvalue weighted by Gasteiger charge is 2.28. The number of carbonyl (C=O) groups is 1. The topological polar surface area (TPSA) is 73.1 Å². The molecular weight excluding hydrogens is 318 g/mol. The predicted molar refractivity (Wildman–Crippen MR) is 95.8 cm³/mol. The number of amides is 1. The summed E-state index contributed by atoms with van der Waals surface area (Å²) < 4.78 is 2.21. The van der Waals surface area contributed by atoms with Gasteiger partial charge in [-0.25, -0.2) is 4.79 Å². The highest BCUT2D eigenvalue weighted by Crippen LogP contribution is 2.33. The number of nitrogens with one attached hydrogen (secondary N) is 1. The third-order valence-electron chi connectivity index (χ3n) is 5.07. The Hall–Kier alpha value is -2.63. The molecule has 0 spiro atoms. The van der Waals surface area contributed by atoms with E-state index in [4.69, 9.17) is 0 Å². The van der Waals surface area contributed by atoms with Gasteiger partial charge < -0.3 is 5.32 Å². The van der Waals surface area contributed by atoms with E-state index in [2.05, 4.69) is 17.4 Å². The average molecular weight is 341 g/mol. The summed E-state index contributed by atoms with van der Waals surface area (Å²) in [7, 11) is 2.91. The van der Waals surface area contributed by atoms with Crippen LogP contribution in [0.2, 0.25) is 0 Å². The van der Waals surface area contributed by atoms with Gasteiger partial charge in [-0.15, -0.1) is 0 Å². The van der Waals surface area contributed by atoms with E-state index in [0.717, 1.165) is 30.3 Å². The minimum absolute atomic E-state index is 0.00260. The van der Waals surface area contributed by atoms with Gasteiger partial charge in [0.05, 0.1) is 0 Å². The summed E-state index contributed by atoms with van der Waals surface area (Å²) in [5.41, 5.74) is 0.341. The largest absolute Gasteiger partial charge is 0.347 e. The van der Waals surface area contributed by atoms with Crippen molar-refractivity contribution >= 4 is 5.91 Å². The minimum atomic E-state index is -0.499. The molecule has 1 saturated carbocycles. The van der Waals surface area contributed by atoms with Gasteiger partial charge >= 0.3 is 5.69 Å². The Balaban J connectivity index is 1.87. The van der Waals surface area contributed by atoms with Gasteiger partial charge in [0.1, 0.15) is 5.69 Å². The van der Waals surface area contributed by atoms with Crippen molar-refractivity contribution in [3.05, 3.63) is 68.5 Å². The minimum Gasteiger partial charge on any atom is -0.347 e. The number of nitrogens with zero attached hydrogens (tertiary/aromatic N) is 2. The van der Waals surface area contributed by atoms with Crippen molar-refractivity contribution in [3.63, 3.8) is 0 Å². The van der Waals surface area contributed by atoms with Gasteiger partial charge in [0.15, 0.2) is 0 Å². The van der Waals surface area contributed by atoms with Crippen molar-refractivity contribution in [1.29, 1.82) is 0 Å². The zero-order valence-corrected chi connectivity index (χ0v) is 14.6. The first-order valence-electron chi connectivity index (χ1n) is 8.62. The first-order chi connectivity index (χ1) is 12.0. The van der Waals surface area contributed by atoms with Crippen LogP contribution in [0.3, 0.4) is 0 Å². The summed E-state index contributed by atoms with van der Waals surface area (Å²) in [5.74, 6) is -0.118. The Morgan fingerprint density at radius 3 is 2.44 bits per heavy atom. The quantitative estimate of drug-likeness (QED) is 0.920. The molecule has 0 aliphatic heterocycles. The Bertz CT molecular complexity index is 883. The van der Waals surface area contributed by atoms with E-state index in [1.807, 2.05) is 18.2 Å². The molecule has 25 heavy (non-hydrogen) atoms. The molecule has 0 saturated heterocycles. The van der Waals surface area contributed by atoms with Crippen molar-refractivity contribution in [2.24, 2.45) is 14.1 Å². The summed E-state index contributed by atoms with van der Waals surface area (Å²) >= 11 is 0. The fraction of sp³-hybridized carbons (Fsp3) is 0.421. The van der Waals surface area contributed by atoms with E-state index in [-0.39, 0.29) is 23.6 Å². The molecule has 1 N–H and O–H groups in total. The highest BCUT2D eigenvalue weighted by molar-refractivity contribution is 5.92. The van der Waals surface area contributed by atoms with Crippen LogP contribution in [0.4, 0.5) is 0 Å². The van der Waals surface area contributed by atoms with E-state index >= 15 is 0 Å². The third-order valence-corrected chi connectivity index (χ3v) is 5.07. The van der Waals surface area contributed by atoms with Crippen molar-refractivity contribution < 1.29 is 4.79 Å². The summed E-state index contributed by atoms with van der Waals surface area (Å²) in [5, 5.41) is 3.05. The van der Waals surface area contributed by atoms with Gasteiger partial charge in [-0.2, -0.15) is 0 Å². The Labute approximate surface area is 146 Å². The molecule has 1 amide bonds. The Morgan fingerprint density at radius 1 is 1.04 bits per heavy atom. The van der Waals surface area contributed by atoms with Crippen LogP contribution in [-0.2, 0) is 14.1 Å². The molecule has 132 valence electrons. The first kappa shape index (κ1) is 17.2. The van der Waals surface area contributed by atoms with Crippen molar-refractivity contribution in [2.75, 3.05) is 0 Å². The van der Waals surface area contributed by atoms with Gasteiger partial charge in [0, 0.05) is 32.1 Å². The molecule has 1 heterocycles. The number of hydrogen-bond acceptors (Lipinski definition) is 3. The molecular formula is C19H23N3O3. The predicted octanol–water partition coefficient (Wildman–Crippen LogP) is 1.54. The summed E-state index contributed by atoms with van der Waals surface area (Å²) in [6.07, 6.45) is 4.11. The third kappa shape index (κ3) is 3.43. The van der Waals surface area contributed by atoms with Crippen LogP contribution in [0.25, 0.3) is 0 Å². The second-order valence-electron chi connectivity index (χ2n) is 6.65. The molecule has 1 aromatic carbocycles. The van der Waals surface area contributed by atoms with Crippen molar-refractivity contribution in [2.45, 2.75) is 37.6 Å². The second kappa shape index (κ2) is 7.09. The molecule has 1 aliphatic carbocycles. The summed E-state index contributed by atoms with van der Waals surface area (Å²) in [6, 6.07) is 11.4. The number of rotatable bonds is 3. The molecule has 0 bridgehead atoms. The molecule has 1 aliphatic rings. The van der Waals surface area contributed by atoms with E-state index in [9.17, 15) is 14.4 Å². The van der Waals surface area contributed by atoms with E-state index < -0.39 is 11.2 Å². The van der Waals surface area contributed by atoms with Crippen LogP contribution >= 0.6 is 0 Å². The summed E-state index contributed by atoms with van der Waals surface area (Å²) in [6.45, 7) is 0. The van der Waals surface area contributed by atoms with Crippen molar-refractivity contribution in [1.82, 2.24) is 14.5 Å². The van der Waals surface area contributed by atoms with Gasteiger partial charge in [0.2, 0.25) is 0 Å². The highest BCUT2D eigenvalue weighted by atomic mass is 16.2. The Morgan fingerprint density at radius 2 is 1.72 bits per heavy atom. The number of hydrogen-bond donors (Lipinski definition) is 1. The molecule has 0 unspecified atom stereocenters. The fourth-order valence-corrected chi connectivity index (χ4v) is 3.60. The zero-order chi connectivity index (χ0) is 18.0. The maximum atomic E-state index is 12.7. The van der Waals surface area contributed by atoms with Crippen LogP contribution < -0.4 is 16.6 Å². The lowest BCUT2D eigenvalue weighted by atomic mass is 9.80. The monoisotopic (exact) mass is 341 g/mol. The smallest absolute Gasteiger partial charge is 0.331 e. The van der Waals surface area contributed by atoms with Gasteiger partial charge in [-0.05, 0) is 18.4 Å². The summed E-state index contributed by atoms with van der Waals surface area (Å²) in [4.78, 5) is 36.6. The lowest BCUT2D eigenvalue weighted by Gasteiger charge is -2.32. The van der Waals surface area contributed by atoms with Crippen LogP contribution in [0.5, 0.6) is 0 Å². The molecule has 0 radical (unpaired) electrons. The van der Waals surface area contributed by atoms with Gasteiger partial charge in [-0.3, -0.25) is 18.7 Å². The van der Waals surface area contributed by atoms with Crippen LogP contribution in [-0.4, -0.2) is 21.1 Å². The molecule has 3 rings (SSSR count). The molecule has 2 atom stereocenters.